The quantitative estimate of drug-likeness (QED) is 0.858. The first kappa shape index (κ1) is 16.2. The number of carbonyl (C=O) groups excluding carboxylic acids is 1. The van der Waals surface area contributed by atoms with E-state index in [9.17, 15) is 9.59 Å². The van der Waals surface area contributed by atoms with Gasteiger partial charge in [0.2, 0.25) is 5.91 Å². The van der Waals surface area contributed by atoms with Gasteiger partial charge in [-0.25, -0.2) is 0 Å². The molecule has 23 heavy (non-hydrogen) atoms. The molecule has 1 aromatic rings. The maximum Gasteiger partial charge on any atom is 0.250 e. The number of amides is 1. The molecule has 0 bridgehead atoms. The average Bonchev–Trinajstić information content (AvgIpc) is 2.87. The number of rotatable bonds is 3. The summed E-state index contributed by atoms with van der Waals surface area (Å²) in [5.74, 6) is 0.148. The van der Waals surface area contributed by atoms with Crippen molar-refractivity contribution in [1.82, 2.24) is 9.47 Å². The largest absolute Gasteiger partial charge is 0.375 e. The first-order valence-electron chi connectivity index (χ1n) is 8.68. The molecule has 0 unspecified atom stereocenters. The predicted molar refractivity (Wildman–Crippen MR) is 88.4 cm³/mol. The first-order chi connectivity index (χ1) is 11.1. The second-order valence-electron chi connectivity index (χ2n) is 6.78. The molecule has 1 amide bonds. The third-order valence-corrected chi connectivity index (χ3v) is 5.25. The fraction of sp³-hybridized carbons (Fsp3) is 0.667. The van der Waals surface area contributed by atoms with E-state index in [-0.39, 0.29) is 17.1 Å². The Morgan fingerprint density at radius 3 is 2.78 bits per heavy atom. The lowest BCUT2D eigenvalue weighted by molar-refractivity contribution is -0.131. The van der Waals surface area contributed by atoms with Crippen LogP contribution in [0.4, 0.5) is 0 Å². The lowest BCUT2D eigenvalue weighted by Gasteiger charge is -2.27. The Morgan fingerprint density at radius 1 is 1.22 bits per heavy atom. The Balaban J connectivity index is 1.57. The number of aromatic nitrogens is 1. The summed E-state index contributed by atoms with van der Waals surface area (Å²) in [6.07, 6.45) is 5.68. The monoisotopic (exact) mass is 318 g/mol. The third-order valence-electron chi connectivity index (χ3n) is 5.25. The van der Waals surface area contributed by atoms with Crippen molar-refractivity contribution >= 4 is 5.91 Å². The summed E-state index contributed by atoms with van der Waals surface area (Å²) < 4.78 is 7.64. The number of pyridine rings is 1. The topological polar surface area (TPSA) is 51.5 Å². The van der Waals surface area contributed by atoms with Crippen molar-refractivity contribution in [3.8, 4) is 0 Å². The summed E-state index contributed by atoms with van der Waals surface area (Å²) in [4.78, 5) is 26.4. The van der Waals surface area contributed by atoms with E-state index in [1.807, 2.05) is 17.9 Å². The molecule has 1 aromatic heterocycles. The number of hydrogen-bond donors (Lipinski definition) is 0. The normalized spacial score (nSPS) is 24.8. The molecule has 3 rings (SSSR count). The molecule has 0 saturated carbocycles. The van der Waals surface area contributed by atoms with Gasteiger partial charge in [0.05, 0.1) is 5.60 Å². The molecule has 0 aromatic carbocycles. The van der Waals surface area contributed by atoms with Crippen LogP contribution in [-0.4, -0.2) is 40.7 Å². The fourth-order valence-corrected chi connectivity index (χ4v) is 3.84. The number of nitrogens with zero attached hydrogens (tertiary/aromatic N) is 2. The molecule has 1 spiro atoms. The Labute approximate surface area is 137 Å². The molecule has 0 aliphatic carbocycles. The number of aryl methyl sites for hydroxylation is 1. The molecule has 0 radical (unpaired) electrons. The molecule has 2 fully saturated rings. The second kappa shape index (κ2) is 6.87. The molecular weight excluding hydrogens is 292 g/mol. The SMILES string of the molecule is Cc1cccc(=O)n1CCC(=O)N1CCC[C@@]2(CCCO2)CC1. The van der Waals surface area contributed by atoms with Crippen LogP contribution in [0.15, 0.2) is 23.0 Å². The standard InChI is InChI=1S/C18H26N2O3/c1-15-5-2-6-17(22)20(15)12-7-16(21)19-11-3-8-18(10-13-19)9-4-14-23-18/h2,5-6H,3-4,7-14H2,1H3/t18-/m1/s1. The van der Waals surface area contributed by atoms with Crippen LogP contribution in [0.5, 0.6) is 0 Å². The second-order valence-corrected chi connectivity index (χ2v) is 6.78. The molecule has 5 nitrogen and oxygen atoms in total. The minimum Gasteiger partial charge on any atom is -0.375 e. The zero-order valence-corrected chi connectivity index (χ0v) is 13.9. The minimum atomic E-state index is -0.0352. The van der Waals surface area contributed by atoms with Gasteiger partial charge in [-0.1, -0.05) is 6.07 Å². The van der Waals surface area contributed by atoms with Gasteiger partial charge in [0.25, 0.3) is 5.56 Å². The number of likely N-dealkylation sites (tertiary alicyclic amines) is 1. The van der Waals surface area contributed by atoms with Gasteiger partial charge in [-0.3, -0.25) is 9.59 Å². The Bertz CT molecular complexity index is 617. The van der Waals surface area contributed by atoms with Gasteiger partial charge in [0, 0.05) is 44.4 Å². The van der Waals surface area contributed by atoms with Crippen molar-refractivity contribution in [2.75, 3.05) is 19.7 Å². The summed E-state index contributed by atoms with van der Waals surface area (Å²) >= 11 is 0. The van der Waals surface area contributed by atoms with E-state index in [0.717, 1.165) is 57.5 Å². The first-order valence-corrected chi connectivity index (χ1v) is 8.68. The summed E-state index contributed by atoms with van der Waals surface area (Å²) in [6.45, 7) is 4.82. The van der Waals surface area contributed by atoms with Crippen molar-refractivity contribution < 1.29 is 9.53 Å². The highest BCUT2D eigenvalue weighted by Crippen LogP contribution is 2.35. The van der Waals surface area contributed by atoms with Crippen LogP contribution < -0.4 is 5.56 Å². The molecular formula is C18H26N2O3. The summed E-state index contributed by atoms with van der Waals surface area (Å²) in [5, 5.41) is 0. The van der Waals surface area contributed by atoms with Gasteiger partial charge in [0.1, 0.15) is 0 Å². The smallest absolute Gasteiger partial charge is 0.250 e. The predicted octanol–water partition coefficient (Wildman–Crippen LogP) is 2.11. The maximum atomic E-state index is 12.5. The molecule has 0 N–H and O–H groups in total. The third kappa shape index (κ3) is 3.66. The van der Waals surface area contributed by atoms with Gasteiger partial charge >= 0.3 is 0 Å². The lowest BCUT2D eigenvalue weighted by Crippen LogP contribution is -2.35. The van der Waals surface area contributed by atoms with Crippen LogP contribution in [-0.2, 0) is 16.1 Å². The van der Waals surface area contributed by atoms with Crippen LogP contribution in [0.1, 0.15) is 44.2 Å². The Morgan fingerprint density at radius 2 is 2.04 bits per heavy atom. The molecule has 1 atom stereocenters. The molecule has 2 aliphatic rings. The van der Waals surface area contributed by atoms with E-state index in [0.29, 0.717) is 13.0 Å². The van der Waals surface area contributed by atoms with Crippen LogP contribution in [0.3, 0.4) is 0 Å². The van der Waals surface area contributed by atoms with Crippen LogP contribution in [0.25, 0.3) is 0 Å². The Kier molecular flexibility index (Phi) is 4.85. The van der Waals surface area contributed by atoms with Crippen LogP contribution in [0, 0.1) is 6.92 Å². The fourth-order valence-electron chi connectivity index (χ4n) is 3.84. The molecule has 2 aliphatic heterocycles. The highest BCUT2D eigenvalue weighted by Gasteiger charge is 2.37. The summed E-state index contributed by atoms with van der Waals surface area (Å²) in [6, 6.07) is 5.20. The van der Waals surface area contributed by atoms with Crippen molar-refractivity contribution in [3.63, 3.8) is 0 Å². The van der Waals surface area contributed by atoms with E-state index in [2.05, 4.69) is 0 Å². The Hall–Kier alpha value is -1.62. The van der Waals surface area contributed by atoms with Gasteiger partial charge < -0.3 is 14.2 Å². The van der Waals surface area contributed by atoms with Crippen LogP contribution in [0.2, 0.25) is 0 Å². The van der Waals surface area contributed by atoms with Gasteiger partial charge in [-0.05, 0) is 45.1 Å². The van der Waals surface area contributed by atoms with E-state index >= 15 is 0 Å². The molecule has 126 valence electrons. The van der Waals surface area contributed by atoms with Crippen LogP contribution >= 0.6 is 0 Å². The van der Waals surface area contributed by atoms with E-state index < -0.39 is 0 Å². The van der Waals surface area contributed by atoms with Crippen molar-refractivity contribution in [2.24, 2.45) is 0 Å². The van der Waals surface area contributed by atoms with E-state index in [1.54, 1.807) is 16.7 Å². The number of ether oxygens (including phenoxy) is 1. The molecule has 2 saturated heterocycles. The van der Waals surface area contributed by atoms with Gasteiger partial charge in [-0.15, -0.1) is 0 Å². The minimum absolute atomic E-state index is 0.0297. The van der Waals surface area contributed by atoms with Gasteiger partial charge in [0.15, 0.2) is 0 Å². The maximum absolute atomic E-state index is 12.5. The zero-order valence-electron chi connectivity index (χ0n) is 13.9. The molecule has 3 heterocycles. The van der Waals surface area contributed by atoms with Crippen molar-refractivity contribution in [1.29, 1.82) is 0 Å². The van der Waals surface area contributed by atoms with Crippen molar-refractivity contribution in [3.05, 3.63) is 34.2 Å². The summed E-state index contributed by atoms with van der Waals surface area (Å²) in [7, 11) is 0. The lowest BCUT2D eigenvalue weighted by atomic mass is 9.92. The number of carbonyl (C=O) groups is 1. The van der Waals surface area contributed by atoms with Gasteiger partial charge in [-0.2, -0.15) is 0 Å². The van der Waals surface area contributed by atoms with E-state index in [4.69, 9.17) is 4.74 Å². The average molecular weight is 318 g/mol. The highest BCUT2D eigenvalue weighted by molar-refractivity contribution is 5.76. The van der Waals surface area contributed by atoms with E-state index in [1.165, 1.54) is 0 Å². The highest BCUT2D eigenvalue weighted by atomic mass is 16.5. The van der Waals surface area contributed by atoms with Crippen molar-refractivity contribution in [2.45, 2.75) is 57.6 Å². The molecule has 5 heteroatoms. The summed E-state index contributed by atoms with van der Waals surface area (Å²) in [5.41, 5.74) is 0.897. The number of hydrogen-bond acceptors (Lipinski definition) is 3. The zero-order chi connectivity index (χ0) is 16.3.